The van der Waals surface area contributed by atoms with Crippen LogP contribution in [0, 0.1) is 0 Å². The van der Waals surface area contributed by atoms with Crippen LogP contribution in [0.5, 0.6) is 0 Å². The van der Waals surface area contributed by atoms with Crippen molar-refractivity contribution in [1.29, 1.82) is 0 Å². The summed E-state index contributed by atoms with van der Waals surface area (Å²) in [6.07, 6.45) is 90.1. The van der Waals surface area contributed by atoms with Gasteiger partial charge in [-0.15, -0.1) is 0 Å². The lowest BCUT2D eigenvalue weighted by Gasteiger charge is -2.18. The summed E-state index contributed by atoms with van der Waals surface area (Å²) >= 11 is 0. The highest BCUT2D eigenvalue weighted by molar-refractivity contribution is 5.71. The Morgan fingerprint density at radius 3 is 0.720 bits per heavy atom. The van der Waals surface area contributed by atoms with Crippen molar-refractivity contribution >= 4 is 17.9 Å². The molecule has 0 aliphatic rings. The van der Waals surface area contributed by atoms with Gasteiger partial charge in [0.25, 0.3) is 0 Å². The molecule has 0 saturated carbocycles. The van der Waals surface area contributed by atoms with Crippen LogP contribution in [-0.2, 0) is 28.6 Å². The summed E-state index contributed by atoms with van der Waals surface area (Å²) in [5.74, 6) is -0.865. The first-order valence-electron chi connectivity index (χ1n) is 36.6. The first-order chi connectivity index (χ1) is 40.5. The third-order valence-corrected chi connectivity index (χ3v) is 16.5. The minimum Gasteiger partial charge on any atom is -0.462 e. The van der Waals surface area contributed by atoms with E-state index in [-0.39, 0.29) is 31.1 Å². The molecule has 0 radical (unpaired) electrons. The van der Waals surface area contributed by atoms with Gasteiger partial charge in [-0.3, -0.25) is 14.4 Å². The van der Waals surface area contributed by atoms with Crippen molar-refractivity contribution < 1.29 is 28.6 Å². The average molecular weight is 1150 g/mol. The minimum atomic E-state index is -0.780. The number of esters is 3. The molecule has 82 heavy (non-hydrogen) atoms. The van der Waals surface area contributed by atoms with Crippen LogP contribution in [0.2, 0.25) is 0 Å². The van der Waals surface area contributed by atoms with Gasteiger partial charge in [-0.05, 0) is 96.3 Å². The van der Waals surface area contributed by atoms with Gasteiger partial charge in [0.2, 0.25) is 0 Å². The molecule has 0 bridgehead atoms. The van der Waals surface area contributed by atoms with Crippen LogP contribution in [-0.4, -0.2) is 37.2 Å². The molecule has 1 unspecified atom stereocenters. The number of ether oxygens (including phenoxy) is 3. The zero-order valence-corrected chi connectivity index (χ0v) is 55.3. The smallest absolute Gasteiger partial charge is 0.306 e. The summed E-state index contributed by atoms with van der Waals surface area (Å²) in [6.45, 7) is 6.65. The number of rotatable bonds is 68. The van der Waals surface area contributed by atoms with Crippen LogP contribution < -0.4 is 0 Å². The Kier molecular flexibility index (Phi) is 68.6. The number of carbonyl (C=O) groups excluding carboxylic acids is 3. The van der Waals surface area contributed by atoms with Crippen LogP contribution in [0.1, 0.15) is 400 Å². The molecular formula is C76H140O6. The first kappa shape index (κ1) is 79.4. The number of allylic oxidation sites excluding steroid dienone is 8. The Morgan fingerprint density at radius 1 is 0.244 bits per heavy atom. The van der Waals surface area contributed by atoms with E-state index in [0.717, 1.165) is 77.0 Å². The average Bonchev–Trinajstić information content (AvgIpc) is 3.47. The zero-order valence-electron chi connectivity index (χ0n) is 55.3. The maximum atomic E-state index is 12.9. The second-order valence-corrected chi connectivity index (χ2v) is 24.8. The molecule has 0 fully saturated rings. The second kappa shape index (κ2) is 70.9. The predicted molar refractivity (Wildman–Crippen MR) is 358 cm³/mol. The van der Waals surface area contributed by atoms with Gasteiger partial charge in [-0.1, -0.05) is 333 Å². The van der Waals surface area contributed by atoms with Crippen molar-refractivity contribution in [2.24, 2.45) is 0 Å². The Labute approximate surface area is 511 Å². The molecular weight excluding hydrogens is 1010 g/mol. The lowest BCUT2D eigenvalue weighted by atomic mass is 10.0. The van der Waals surface area contributed by atoms with Gasteiger partial charge in [0, 0.05) is 19.3 Å². The Balaban J connectivity index is 4.18. The highest BCUT2D eigenvalue weighted by atomic mass is 16.6. The van der Waals surface area contributed by atoms with Gasteiger partial charge in [0.15, 0.2) is 6.10 Å². The fourth-order valence-electron chi connectivity index (χ4n) is 11.0. The number of hydrogen-bond donors (Lipinski definition) is 0. The third kappa shape index (κ3) is 68.2. The topological polar surface area (TPSA) is 78.9 Å². The van der Waals surface area contributed by atoms with Gasteiger partial charge in [-0.25, -0.2) is 0 Å². The van der Waals surface area contributed by atoms with Crippen LogP contribution in [0.15, 0.2) is 48.6 Å². The summed E-state index contributed by atoms with van der Waals surface area (Å²) in [5, 5.41) is 0. The maximum absolute atomic E-state index is 12.9. The molecule has 1 atom stereocenters. The van der Waals surface area contributed by atoms with E-state index in [0.29, 0.717) is 19.3 Å². The molecule has 480 valence electrons. The van der Waals surface area contributed by atoms with E-state index in [1.807, 2.05) is 0 Å². The van der Waals surface area contributed by atoms with Crippen molar-refractivity contribution in [3.05, 3.63) is 48.6 Å². The first-order valence-corrected chi connectivity index (χ1v) is 36.6. The van der Waals surface area contributed by atoms with E-state index in [1.54, 1.807) is 0 Å². The lowest BCUT2D eigenvalue weighted by molar-refractivity contribution is -0.167. The molecule has 0 aliphatic heterocycles. The summed E-state index contributed by atoms with van der Waals surface area (Å²) in [6, 6.07) is 0. The number of unbranched alkanes of at least 4 members (excludes halogenated alkanes) is 49. The number of hydrogen-bond acceptors (Lipinski definition) is 6. The van der Waals surface area contributed by atoms with Crippen LogP contribution >= 0.6 is 0 Å². The predicted octanol–water partition coefficient (Wildman–Crippen LogP) is 25.3. The van der Waals surface area contributed by atoms with Gasteiger partial charge in [0.1, 0.15) is 13.2 Å². The van der Waals surface area contributed by atoms with E-state index >= 15 is 0 Å². The Morgan fingerprint density at radius 2 is 0.451 bits per heavy atom. The van der Waals surface area contributed by atoms with E-state index in [4.69, 9.17) is 14.2 Å². The Bertz CT molecular complexity index is 1410. The largest absolute Gasteiger partial charge is 0.462 e. The van der Waals surface area contributed by atoms with E-state index in [9.17, 15) is 14.4 Å². The molecule has 0 aromatic carbocycles. The van der Waals surface area contributed by atoms with Crippen LogP contribution in [0.25, 0.3) is 0 Å². The minimum absolute atomic E-state index is 0.0744. The molecule has 0 rings (SSSR count). The molecule has 0 heterocycles. The summed E-state index contributed by atoms with van der Waals surface area (Å²) in [4.78, 5) is 38.4. The van der Waals surface area contributed by atoms with Crippen molar-refractivity contribution in [3.63, 3.8) is 0 Å². The SMILES string of the molecule is CCCC/C=C\C/C=C\CCCCCCCC(=O)OCC(COC(=O)CCCCCCCCCCCCCCCCCCCCC/C=C\CCCCCCCCCC)OC(=O)CCCCCCCCCCC/C=C\CCCCCCCC. The monoisotopic (exact) mass is 1150 g/mol. The molecule has 0 saturated heterocycles. The molecule has 0 aliphatic carbocycles. The van der Waals surface area contributed by atoms with Crippen molar-refractivity contribution in [2.45, 2.75) is 406 Å². The standard InChI is InChI=1S/C76H140O6/c1-4-7-10-13-16-19-22-25-28-30-32-33-34-35-36-37-38-39-40-41-42-43-45-46-48-51-54-57-60-63-66-69-75(78)81-72-73(71-80-74(77)68-65-62-59-56-53-50-27-24-21-18-15-12-9-6-3)82-76(79)70-67-64-61-58-55-52-49-47-44-31-29-26-23-20-17-14-11-8-5-2/h15,18,24,26-27,29-30,32,73H,4-14,16-17,19-23,25,28,31,33-72H2,1-3H3/b18-15-,27-24-,29-26-,32-30-. The molecule has 6 heteroatoms. The van der Waals surface area contributed by atoms with E-state index in [2.05, 4.69) is 69.4 Å². The molecule has 0 aromatic rings. The van der Waals surface area contributed by atoms with Gasteiger partial charge in [0.05, 0.1) is 0 Å². The third-order valence-electron chi connectivity index (χ3n) is 16.5. The number of carbonyl (C=O) groups is 3. The van der Waals surface area contributed by atoms with Gasteiger partial charge < -0.3 is 14.2 Å². The normalized spacial score (nSPS) is 12.3. The van der Waals surface area contributed by atoms with E-state index in [1.165, 1.54) is 283 Å². The molecule has 0 amide bonds. The second-order valence-electron chi connectivity index (χ2n) is 24.8. The van der Waals surface area contributed by atoms with Crippen molar-refractivity contribution in [2.75, 3.05) is 13.2 Å². The fourth-order valence-corrected chi connectivity index (χ4v) is 11.0. The quantitative estimate of drug-likeness (QED) is 0.0261. The fraction of sp³-hybridized carbons (Fsp3) is 0.855. The highest BCUT2D eigenvalue weighted by Crippen LogP contribution is 2.18. The summed E-state index contributed by atoms with van der Waals surface area (Å²) < 4.78 is 17.0. The van der Waals surface area contributed by atoms with Gasteiger partial charge in [-0.2, -0.15) is 0 Å². The molecule has 0 aromatic heterocycles. The maximum Gasteiger partial charge on any atom is 0.306 e. The van der Waals surface area contributed by atoms with Crippen LogP contribution in [0.3, 0.4) is 0 Å². The van der Waals surface area contributed by atoms with Crippen molar-refractivity contribution in [1.82, 2.24) is 0 Å². The molecule has 0 N–H and O–H groups in total. The molecule has 6 nitrogen and oxygen atoms in total. The summed E-state index contributed by atoms with van der Waals surface area (Å²) in [5.41, 5.74) is 0. The molecule has 0 spiro atoms. The Hall–Kier alpha value is -2.63. The highest BCUT2D eigenvalue weighted by Gasteiger charge is 2.19. The van der Waals surface area contributed by atoms with Crippen molar-refractivity contribution in [3.8, 4) is 0 Å². The van der Waals surface area contributed by atoms with Crippen LogP contribution in [0.4, 0.5) is 0 Å². The van der Waals surface area contributed by atoms with Gasteiger partial charge >= 0.3 is 17.9 Å². The van der Waals surface area contributed by atoms with E-state index < -0.39 is 6.10 Å². The summed E-state index contributed by atoms with van der Waals surface area (Å²) in [7, 11) is 0. The lowest BCUT2D eigenvalue weighted by Crippen LogP contribution is -2.30. The zero-order chi connectivity index (χ0) is 59.2.